The molecule has 0 saturated heterocycles. The summed E-state index contributed by atoms with van der Waals surface area (Å²) >= 11 is 6.26. The molecule has 6 nitrogen and oxygen atoms in total. The average Bonchev–Trinajstić information content (AvgIpc) is 2.94. The molecule has 3 aromatic carbocycles. The normalized spacial score (nSPS) is 15.4. The van der Waals surface area contributed by atoms with Gasteiger partial charge in [-0.25, -0.2) is 4.39 Å². The highest BCUT2D eigenvalue weighted by Crippen LogP contribution is 2.38. The van der Waals surface area contributed by atoms with E-state index in [0.717, 1.165) is 0 Å². The molecule has 3 aromatic rings. The smallest absolute Gasteiger partial charge is 0.255 e. The van der Waals surface area contributed by atoms with Gasteiger partial charge in [0.15, 0.2) is 0 Å². The Balaban J connectivity index is 1.89. The van der Waals surface area contributed by atoms with Gasteiger partial charge < -0.3 is 19.7 Å². The van der Waals surface area contributed by atoms with Crippen molar-refractivity contribution in [1.82, 2.24) is 4.90 Å². The topological polar surface area (TPSA) is 67.9 Å². The lowest BCUT2D eigenvalue weighted by molar-refractivity contribution is -0.117. The van der Waals surface area contributed by atoms with Crippen LogP contribution < -0.4 is 14.8 Å². The summed E-state index contributed by atoms with van der Waals surface area (Å²) in [5, 5.41) is 3.27. The molecule has 0 radical (unpaired) electrons. The molecule has 2 amide bonds. The molecule has 164 valence electrons. The molecule has 0 saturated carbocycles. The Kier molecular flexibility index (Phi) is 6.01. The Morgan fingerprint density at radius 2 is 1.69 bits per heavy atom. The molecule has 0 spiro atoms. The first-order valence-electron chi connectivity index (χ1n) is 9.78. The third-order valence-corrected chi connectivity index (χ3v) is 5.49. The Morgan fingerprint density at radius 1 is 1.03 bits per heavy atom. The van der Waals surface area contributed by atoms with Crippen LogP contribution in [0.3, 0.4) is 0 Å². The van der Waals surface area contributed by atoms with E-state index in [4.69, 9.17) is 21.1 Å². The fraction of sp³-hybridized carbons (Fsp3) is 0.167. The van der Waals surface area contributed by atoms with Crippen LogP contribution in [0.4, 0.5) is 10.1 Å². The number of nitrogens with zero attached hydrogens (tertiary/aromatic N) is 1. The van der Waals surface area contributed by atoms with Crippen LogP contribution in [0.1, 0.15) is 27.5 Å². The van der Waals surface area contributed by atoms with Crippen molar-refractivity contribution in [3.8, 4) is 11.5 Å². The summed E-state index contributed by atoms with van der Waals surface area (Å²) in [6, 6.07) is 15.0. The van der Waals surface area contributed by atoms with Gasteiger partial charge >= 0.3 is 0 Å². The minimum atomic E-state index is -0.687. The summed E-state index contributed by atoms with van der Waals surface area (Å²) in [5.41, 5.74) is 2.08. The van der Waals surface area contributed by atoms with Crippen LogP contribution in [0.25, 0.3) is 0 Å². The van der Waals surface area contributed by atoms with Gasteiger partial charge in [0.25, 0.3) is 5.91 Å². The van der Waals surface area contributed by atoms with Gasteiger partial charge in [0, 0.05) is 27.9 Å². The van der Waals surface area contributed by atoms with Crippen molar-refractivity contribution in [2.24, 2.45) is 0 Å². The van der Waals surface area contributed by atoms with Crippen molar-refractivity contribution in [2.45, 2.75) is 6.04 Å². The zero-order valence-electron chi connectivity index (χ0n) is 17.4. The maximum atomic E-state index is 13.7. The fourth-order valence-corrected chi connectivity index (χ4v) is 3.95. The molecule has 0 fully saturated rings. The number of ether oxygens (including phenoxy) is 2. The molecule has 1 aliphatic rings. The van der Waals surface area contributed by atoms with Crippen molar-refractivity contribution in [3.63, 3.8) is 0 Å². The van der Waals surface area contributed by atoms with Crippen LogP contribution >= 0.6 is 11.6 Å². The monoisotopic (exact) mass is 454 g/mol. The van der Waals surface area contributed by atoms with Crippen LogP contribution in [0.15, 0.2) is 60.7 Å². The van der Waals surface area contributed by atoms with Gasteiger partial charge in [-0.1, -0.05) is 23.7 Å². The highest BCUT2D eigenvalue weighted by atomic mass is 35.5. The quantitative estimate of drug-likeness (QED) is 0.621. The first-order chi connectivity index (χ1) is 15.4. The minimum Gasteiger partial charge on any atom is -0.497 e. The highest BCUT2D eigenvalue weighted by molar-refractivity contribution is 6.30. The van der Waals surface area contributed by atoms with Crippen LogP contribution in [0.2, 0.25) is 5.02 Å². The number of amides is 2. The number of carbonyl (C=O) groups is 2. The van der Waals surface area contributed by atoms with Crippen molar-refractivity contribution in [1.29, 1.82) is 0 Å². The molecule has 0 aromatic heterocycles. The maximum Gasteiger partial charge on any atom is 0.255 e. The third-order valence-electron chi connectivity index (χ3n) is 5.25. The molecule has 0 unspecified atom stereocenters. The van der Waals surface area contributed by atoms with E-state index >= 15 is 0 Å². The van der Waals surface area contributed by atoms with Crippen molar-refractivity contribution >= 4 is 29.1 Å². The van der Waals surface area contributed by atoms with Crippen LogP contribution in [-0.4, -0.2) is 37.5 Å². The molecule has 1 aliphatic heterocycles. The molecular formula is C24H20ClFN2O4. The number of hydrogen-bond acceptors (Lipinski definition) is 4. The van der Waals surface area contributed by atoms with Crippen molar-refractivity contribution < 1.29 is 23.5 Å². The lowest BCUT2D eigenvalue weighted by Crippen LogP contribution is -2.39. The van der Waals surface area contributed by atoms with E-state index < -0.39 is 17.8 Å². The number of nitrogens with one attached hydrogen (secondary N) is 1. The second kappa shape index (κ2) is 8.88. The Bertz CT molecular complexity index is 1160. The summed E-state index contributed by atoms with van der Waals surface area (Å²) in [6.07, 6.45) is 0. The van der Waals surface area contributed by atoms with E-state index in [2.05, 4.69) is 5.32 Å². The molecule has 0 bridgehead atoms. The molecular weight excluding hydrogens is 435 g/mol. The van der Waals surface area contributed by atoms with Crippen molar-refractivity contribution in [3.05, 3.63) is 88.2 Å². The summed E-state index contributed by atoms with van der Waals surface area (Å²) in [6.45, 7) is -0.216. The number of anilines is 1. The van der Waals surface area contributed by atoms with Gasteiger partial charge in [-0.2, -0.15) is 0 Å². The van der Waals surface area contributed by atoms with E-state index in [0.29, 0.717) is 33.3 Å². The predicted molar refractivity (Wildman–Crippen MR) is 119 cm³/mol. The zero-order chi connectivity index (χ0) is 22.8. The molecule has 8 heteroatoms. The summed E-state index contributed by atoms with van der Waals surface area (Å²) in [7, 11) is 2.98. The molecule has 32 heavy (non-hydrogen) atoms. The largest absolute Gasteiger partial charge is 0.497 e. The van der Waals surface area contributed by atoms with Gasteiger partial charge in [-0.05, 0) is 48.0 Å². The van der Waals surface area contributed by atoms with Gasteiger partial charge in [0.2, 0.25) is 5.91 Å². The van der Waals surface area contributed by atoms with Crippen LogP contribution in [0, 0.1) is 5.82 Å². The molecule has 1 atom stereocenters. The number of benzene rings is 3. The lowest BCUT2D eigenvalue weighted by atomic mass is 9.95. The van der Waals surface area contributed by atoms with E-state index in [-0.39, 0.29) is 18.0 Å². The highest BCUT2D eigenvalue weighted by Gasteiger charge is 2.34. The molecule has 0 aliphatic carbocycles. The second-order valence-corrected chi connectivity index (χ2v) is 7.70. The fourth-order valence-electron chi connectivity index (χ4n) is 3.77. The Labute approximate surface area is 189 Å². The number of methoxy groups -OCH3 is 2. The second-order valence-electron chi connectivity index (χ2n) is 7.27. The van der Waals surface area contributed by atoms with Gasteiger partial charge in [-0.3, -0.25) is 9.59 Å². The molecule has 1 N–H and O–H groups in total. The van der Waals surface area contributed by atoms with E-state index in [9.17, 15) is 14.0 Å². The molecule has 4 rings (SSSR count). The van der Waals surface area contributed by atoms with Gasteiger partial charge in [0.05, 0.1) is 20.3 Å². The van der Waals surface area contributed by atoms with Gasteiger partial charge in [-0.15, -0.1) is 0 Å². The zero-order valence-corrected chi connectivity index (χ0v) is 18.2. The molecule has 1 heterocycles. The SMILES string of the molecule is COc1cc(OC)cc(C(=O)N2CC(=O)Nc3ccc(Cl)cc3[C@H]2c2ccc(F)cc2)c1. The summed E-state index contributed by atoms with van der Waals surface area (Å²) in [5.74, 6) is -0.304. The minimum absolute atomic E-state index is 0.216. The number of fused-ring (bicyclic) bond motifs is 1. The number of rotatable bonds is 4. The predicted octanol–water partition coefficient (Wildman–Crippen LogP) is 4.68. The van der Waals surface area contributed by atoms with Crippen LogP contribution in [0.5, 0.6) is 11.5 Å². The Morgan fingerprint density at radius 3 is 2.31 bits per heavy atom. The van der Waals surface area contributed by atoms with E-state index in [1.54, 1.807) is 48.5 Å². The summed E-state index contributed by atoms with van der Waals surface area (Å²) in [4.78, 5) is 27.8. The number of carbonyl (C=O) groups excluding carboxylic acids is 2. The van der Waals surface area contributed by atoms with E-state index in [1.807, 2.05) is 0 Å². The number of halogens is 2. The van der Waals surface area contributed by atoms with Gasteiger partial charge in [0.1, 0.15) is 23.9 Å². The van der Waals surface area contributed by atoms with E-state index in [1.165, 1.54) is 31.3 Å². The van der Waals surface area contributed by atoms with Crippen molar-refractivity contribution in [2.75, 3.05) is 26.1 Å². The first-order valence-corrected chi connectivity index (χ1v) is 10.2. The first kappa shape index (κ1) is 21.6. The average molecular weight is 455 g/mol. The van der Waals surface area contributed by atoms with Crippen LogP contribution in [-0.2, 0) is 4.79 Å². The third kappa shape index (κ3) is 4.24. The maximum absolute atomic E-state index is 13.7. The number of hydrogen-bond donors (Lipinski definition) is 1. The Hall–Kier alpha value is -3.58. The lowest BCUT2D eigenvalue weighted by Gasteiger charge is -2.31. The summed E-state index contributed by atoms with van der Waals surface area (Å²) < 4.78 is 24.2. The standard InChI is InChI=1S/C24H20ClFN2O4/c1-31-18-9-15(10-19(12-18)32-2)24(30)28-13-22(29)27-21-8-5-16(25)11-20(21)23(28)14-3-6-17(26)7-4-14/h3-12,23H,13H2,1-2H3,(H,27,29)/t23-/m1/s1.